The Bertz CT molecular complexity index is 2380. The molecule has 0 fully saturated rings. The molecule has 0 aliphatic carbocycles. The second-order valence-electron chi connectivity index (χ2n) is 10.5. The largest absolute Gasteiger partial charge is 0.464 e. The molecular formula is C38H22OS. The second kappa shape index (κ2) is 8.29. The number of rotatable bonds is 2. The van der Waals surface area contributed by atoms with Gasteiger partial charge in [-0.25, -0.2) is 0 Å². The summed E-state index contributed by atoms with van der Waals surface area (Å²) in [6.45, 7) is 0. The summed E-state index contributed by atoms with van der Waals surface area (Å²) in [5, 5.41) is 11.3. The summed E-state index contributed by atoms with van der Waals surface area (Å²) in [7, 11) is 0. The van der Waals surface area contributed by atoms with Crippen LogP contribution in [0, 0.1) is 0 Å². The van der Waals surface area contributed by atoms with E-state index in [2.05, 4.69) is 121 Å². The highest BCUT2D eigenvalue weighted by Gasteiger charge is 2.18. The van der Waals surface area contributed by atoms with Crippen LogP contribution in [-0.2, 0) is 0 Å². The van der Waals surface area contributed by atoms with Gasteiger partial charge in [-0.3, -0.25) is 0 Å². The standard InChI is InChI=1S/C38H22OS/c1-2-10-26-23(8-1)9-7-15-27(26)38-30-13-5-3-11-28(30)37(29-12-4-6-14-31(29)38)25-16-17-35-32(20-25)33-22-34-24(18-19-39-34)21-36(33)40-35/h1-22H. The van der Waals surface area contributed by atoms with Gasteiger partial charge in [-0.05, 0) is 84.9 Å². The van der Waals surface area contributed by atoms with E-state index in [1.165, 1.54) is 74.7 Å². The van der Waals surface area contributed by atoms with Gasteiger partial charge in [-0.2, -0.15) is 0 Å². The molecule has 2 heterocycles. The maximum Gasteiger partial charge on any atom is 0.134 e. The Labute approximate surface area is 234 Å². The van der Waals surface area contributed by atoms with Crippen molar-refractivity contribution in [2.75, 3.05) is 0 Å². The fraction of sp³-hybridized carbons (Fsp3) is 0. The summed E-state index contributed by atoms with van der Waals surface area (Å²) in [5.41, 5.74) is 6.04. The molecule has 2 heteroatoms. The van der Waals surface area contributed by atoms with E-state index in [9.17, 15) is 0 Å². The van der Waals surface area contributed by atoms with Crippen molar-refractivity contribution in [1.29, 1.82) is 0 Å². The summed E-state index contributed by atoms with van der Waals surface area (Å²) in [5.74, 6) is 0. The van der Waals surface area contributed by atoms with Crippen LogP contribution in [0.1, 0.15) is 0 Å². The van der Waals surface area contributed by atoms with E-state index in [-0.39, 0.29) is 0 Å². The molecule has 0 amide bonds. The molecule has 0 spiro atoms. The van der Waals surface area contributed by atoms with Crippen molar-refractivity contribution < 1.29 is 4.42 Å². The second-order valence-corrected chi connectivity index (χ2v) is 11.6. The predicted molar refractivity (Wildman–Crippen MR) is 172 cm³/mol. The van der Waals surface area contributed by atoms with E-state index < -0.39 is 0 Å². The minimum absolute atomic E-state index is 0.938. The van der Waals surface area contributed by atoms with Crippen LogP contribution < -0.4 is 0 Å². The van der Waals surface area contributed by atoms with Crippen LogP contribution in [0.15, 0.2) is 138 Å². The van der Waals surface area contributed by atoms with E-state index in [4.69, 9.17) is 4.42 Å². The van der Waals surface area contributed by atoms with Crippen LogP contribution >= 0.6 is 11.3 Å². The van der Waals surface area contributed by atoms with Gasteiger partial charge >= 0.3 is 0 Å². The summed E-state index contributed by atoms with van der Waals surface area (Å²) in [6.07, 6.45) is 1.78. The Hall–Kier alpha value is -4.92. The monoisotopic (exact) mass is 526 g/mol. The first-order valence-corrected chi connectivity index (χ1v) is 14.4. The molecule has 1 nitrogen and oxygen atoms in total. The zero-order chi connectivity index (χ0) is 26.2. The highest BCUT2D eigenvalue weighted by atomic mass is 32.1. The van der Waals surface area contributed by atoms with Gasteiger partial charge in [0, 0.05) is 25.6 Å². The normalized spacial score (nSPS) is 12.0. The van der Waals surface area contributed by atoms with Gasteiger partial charge in [0.05, 0.1) is 6.26 Å². The minimum atomic E-state index is 0.938. The lowest BCUT2D eigenvalue weighted by Gasteiger charge is -2.19. The molecule has 9 aromatic rings. The molecule has 0 radical (unpaired) electrons. The topological polar surface area (TPSA) is 13.1 Å². The van der Waals surface area contributed by atoms with Crippen LogP contribution in [-0.4, -0.2) is 0 Å². The number of fused-ring (bicyclic) bond motifs is 7. The highest BCUT2D eigenvalue weighted by molar-refractivity contribution is 7.25. The molecule has 0 N–H and O–H groups in total. The molecule has 7 aromatic carbocycles. The van der Waals surface area contributed by atoms with E-state index in [0.29, 0.717) is 0 Å². The van der Waals surface area contributed by atoms with Crippen molar-refractivity contribution in [3.63, 3.8) is 0 Å². The van der Waals surface area contributed by atoms with E-state index in [1.54, 1.807) is 6.26 Å². The minimum Gasteiger partial charge on any atom is -0.464 e. The first-order valence-electron chi connectivity index (χ1n) is 13.6. The van der Waals surface area contributed by atoms with Crippen molar-refractivity contribution in [2.24, 2.45) is 0 Å². The summed E-state index contributed by atoms with van der Waals surface area (Å²) in [6, 6.07) is 46.6. The predicted octanol–water partition coefficient (Wildman–Crippen LogP) is 11.6. The van der Waals surface area contributed by atoms with Gasteiger partial charge in [0.2, 0.25) is 0 Å². The Morgan fingerprint density at radius 2 is 1.07 bits per heavy atom. The van der Waals surface area contributed by atoms with Crippen LogP contribution in [0.25, 0.3) is 85.7 Å². The van der Waals surface area contributed by atoms with Gasteiger partial charge < -0.3 is 4.42 Å². The zero-order valence-electron chi connectivity index (χ0n) is 21.5. The van der Waals surface area contributed by atoms with Crippen molar-refractivity contribution in [3.8, 4) is 22.3 Å². The van der Waals surface area contributed by atoms with E-state index in [0.717, 1.165) is 11.0 Å². The molecule has 0 saturated heterocycles. The lowest BCUT2D eigenvalue weighted by molar-refractivity contribution is 0.616. The summed E-state index contributed by atoms with van der Waals surface area (Å²) < 4.78 is 8.36. The third-order valence-electron chi connectivity index (χ3n) is 8.32. The Morgan fingerprint density at radius 1 is 0.425 bits per heavy atom. The Kier molecular flexibility index (Phi) is 4.55. The maximum atomic E-state index is 5.76. The SMILES string of the molecule is c1ccc2c(-c3c4ccccc4c(-c4ccc5sc6cc7ccoc7cc6c5c4)c4ccccc34)cccc2c1. The summed E-state index contributed by atoms with van der Waals surface area (Å²) >= 11 is 1.85. The molecule has 0 atom stereocenters. The molecule has 186 valence electrons. The van der Waals surface area contributed by atoms with Gasteiger partial charge in [0.1, 0.15) is 5.58 Å². The van der Waals surface area contributed by atoms with E-state index >= 15 is 0 Å². The third kappa shape index (κ3) is 3.08. The average Bonchev–Trinajstić information content (AvgIpc) is 3.61. The van der Waals surface area contributed by atoms with Crippen molar-refractivity contribution >= 4 is 74.8 Å². The maximum absolute atomic E-state index is 5.76. The molecule has 0 aliphatic rings. The van der Waals surface area contributed by atoms with Crippen LogP contribution in [0.4, 0.5) is 0 Å². The van der Waals surface area contributed by atoms with Gasteiger partial charge in [0.25, 0.3) is 0 Å². The number of hydrogen-bond acceptors (Lipinski definition) is 2. The smallest absolute Gasteiger partial charge is 0.134 e. The Morgan fingerprint density at radius 3 is 1.85 bits per heavy atom. The van der Waals surface area contributed by atoms with Gasteiger partial charge in [-0.1, -0.05) is 97.1 Å². The lowest BCUT2D eigenvalue weighted by atomic mass is 9.84. The van der Waals surface area contributed by atoms with Crippen molar-refractivity contribution in [1.82, 2.24) is 0 Å². The Balaban J connectivity index is 1.40. The average molecular weight is 527 g/mol. The van der Waals surface area contributed by atoms with Crippen LogP contribution in [0.2, 0.25) is 0 Å². The zero-order valence-corrected chi connectivity index (χ0v) is 22.3. The number of hydrogen-bond donors (Lipinski definition) is 0. The van der Waals surface area contributed by atoms with Gasteiger partial charge in [-0.15, -0.1) is 11.3 Å². The van der Waals surface area contributed by atoms with Crippen LogP contribution in [0.3, 0.4) is 0 Å². The first kappa shape index (κ1) is 22.0. The molecular weight excluding hydrogens is 504 g/mol. The first-order chi connectivity index (χ1) is 19.8. The van der Waals surface area contributed by atoms with Gasteiger partial charge in [0.15, 0.2) is 0 Å². The fourth-order valence-electron chi connectivity index (χ4n) is 6.56. The molecule has 9 rings (SSSR count). The van der Waals surface area contributed by atoms with Crippen LogP contribution in [0.5, 0.6) is 0 Å². The molecule has 0 aliphatic heterocycles. The number of thiophene rings is 1. The third-order valence-corrected chi connectivity index (χ3v) is 9.46. The van der Waals surface area contributed by atoms with Crippen molar-refractivity contribution in [3.05, 3.63) is 134 Å². The number of furan rings is 1. The molecule has 0 unspecified atom stereocenters. The molecule has 40 heavy (non-hydrogen) atoms. The quantitative estimate of drug-likeness (QED) is 0.204. The fourth-order valence-corrected chi connectivity index (χ4v) is 7.68. The molecule has 0 bridgehead atoms. The lowest BCUT2D eigenvalue weighted by Crippen LogP contribution is -1.91. The molecule has 0 saturated carbocycles. The van der Waals surface area contributed by atoms with Crippen molar-refractivity contribution in [2.45, 2.75) is 0 Å². The van der Waals surface area contributed by atoms with E-state index in [1.807, 2.05) is 17.4 Å². The molecule has 2 aromatic heterocycles. The highest BCUT2D eigenvalue weighted by Crippen LogP contribution is 2.46. The summed E-state index contributed by atoms with van der Waals surface area (Å²) in [4.78, 5) is 0. The number of benzene rings is 7.